The predicted octanol–water partition coefficient (Wildman–Crippen LogP) is 2.83. The molecule has 22 heavy (non-hydrogen) atoms. The molecule has 0 aromatic heterocycles. The van der Waals surface area contributed by atoms with Gasteiger partial charge in [-0.1, -0.05) is 36.4 Å². The Bertz CT molecular complexity index is 596. The third-order valence-corrected chi connectivity index (χ3v) is 3.34. The zero-order valence-corrected chi connectivity index (χ0v) is 13.4. The van der Waals surface area contributed by atoms with Crippen LogP contribution in [0.25, 0.3) is 11.1 Å². The lowest BCUT2D eigenvalue weighted by Crippen LogP contribution is -2.33. The summed E-state index contributed by atoms with van der Waals surface area (Å²) in [6, 6.07) is 15.2. The topological polar surface area (TPSA) is 61.5 Å². The van der Waals surface area contributed by atoms with Gasteiger partial charge in [-0.25, -0.2) is 0 Å². The number of carbonyl (C=O) groups excluding carboxylic acids is 1. The van der Waals surface area contributed by atoms with Crippen LogP contribution in [0.2, 0.25) is 0 Å². The SMILES string of the molecule is COC(=O)[C@@H](N)Cc1ccc(-c2ccc(OC)cc2)cc1.Cl. The molecule has 118 valence electrons. The van der Waals surface area contributed by atoms with Crippen LogP contribution in [0.15, 0.2) is 48.5 Å². The Balaban J connectivity index is 0.00000242. The lowest BCUT2D eigenvalue weighted by Gasteiger charge is -2.10. The van der Waals surface area contributed by atoms with Gasteiger partial charge < -0.3 is 15.2 Å². The minimum atomic E-state index is -0.623. The Hall–Kier alpha value is -2.04. The third-order valence-electron chi connectivity index (χ3n) is 3.34. The first-order chi connectivity index (χ1) is 10.1. The van der Waals surface area contributed by atoms with Crippen molar-refractivity contribution in [2.75, 3.05) is 14.2 Å². The van der Waals surface area contributed by atoms with Crippen molar-refractivity contribution in [2.45, 2.75) is 12.5 Å². The molecule has 0 bridgehead atoms. The molecule has 2 aromatic carbocycles. The van der Waals surface area contributed by atoms with E-state index in [9.17, 15) is 4.79 Å². The second-order valence-electron chi connectivity index (χ2n) is 4.76. The molecule has 0 saturated heterocycles. The first-order valence-corrected chi connectivity index (χ1v) is 6.71. The van der Waals surface area contributed by atoms with Gasteiger partial charge in [0.1, 0.15) is 11.8 Å². The predicted molar refractivity (Wildman–Crippen MR) is 89.4 cm³/mol. The Morgan fingerprint density at radius 3 is 1.95 bits per heavy atom. The summed E-state index contributed by atoms with van der Waals surface area (Å²) in [5, 5.41) is 0. The molecular formula is C17H20ClNO3. The molecule has 0 aliphatic heterocycles. The Labute approximate surface area is 136 Å². The summed E-state index contributed by atoms with van der Waals surface area (Å²) >= 11 is 0. The first kappa shape index (κ1) is 18.0. The fourth-order valence-electron chi connectivity index (χ4n) is 2.11. The minimum absolute atomic E-state index is 0. The zero-order chi connectivity index (χ0) is 15.2. The number of carbonyl (C=O) groups is 1. The van der Waals surface area contributed by atoms with E-state index >= 15 is 0 Å². The average molecular weight is 322 g/mol. The molecule has 0 radical (unpaired) electrons. The van der Waals surface area contributed by atoms with Gasteiger partial charge in [0.05, 0.1) is 14.2 Å². The molecule has 0 aliphatic carbocycles. The Morgan fingerprint density at radius 2 is 1.50 bits per heavy atom. The summed E-state index contributed by atoms with van der Waals surface area (Å²) in [4.78, 5) is 11.3. The number of halogens is 1. The summed E-state index contributed by atoms with van der Waals surface area (Å²) < 4.78 is 9.77. The fraction of sp³-hybridized carbons (Fsp3) is 0.235. The maximum absolute atomic E-state index is 11.3. The highest BCUT2D eigenvalue weighted by atomic mass is 35.5. The van der Waals surface area contributed by atoms with E-state index in [4.69, 9.17) is 10.5 Å². The molecule has 0 fully saturated rings. The molecule has 0 heterocycles. The van der Waals surface area contributed by atoms with Crippen LogP contribution in [0, 0.1) is 0 Å². The van der Waals surface area contributed by atoms with Crippen LogP contribution in [-0.2, 0) is 16.0 Å². The molecule has 0 saturated carbocycles. The van der Waals surface area contributed by atoms with Gasteiger partial charge in [-0.05, 0) is 35.2 Å². The zero-order valence-electron chi connectivity index (χ0n) is 12.6. The first-order valence-electron chi connectivity index (χ1n) is 6.71. The molecule has 1 atom stereocenters. The van der Waals surface area contributed by atoms with Crippen LogP contribution in [-0.4, -0.2) is 26.2 Å². The number of ether oxygens (including phenoxy) is 2. The van der Waals surface area contributed by atoms with E-state index in [-0.39, 0.29) is 12.4 Å². The lowest BCUT2D eigenvalue weighted by molar-refractivity contribution is -0.142. The van der Waals surface area contributed by atoms with Gasteiger partial charge >= 0.3 is 5.97 Å². The molecule has 2 aromatic rings. The van der Waals surface area contributed by atoms with Crippen molar-refractivity contribution in [3.05, 3.63) is 54.1 Å². The monoisotopic (exact) mass is 321 g/mol. The summed E-state index contributed by atoms with van der Waals surface area (Å²) in [5.41, 5.74) is 8.97. The summed E-state index contributed by atoms with van der Waals surface area (Å²) in [7, 11) is 2.99. The number of benzene rings is 2. The van der Waals surface area contributed by atoms with Crippen molar-refractivity contribution in [3.8, 4) is 16.9 Å². The van der Waals surface area contributed by atoms with Gasteiger partial charge in [0, 0.05) is 0 Å². The molecular weight excluding hydrogens is 302 g/mol. The lowest BCUT2D eigenvalue weighted by atomic mass is 10.0. The minimum Gasteiger partial charge on any atom is -0.497 e. The van der Waals surface area contributed by atoms with E-state index in [1.165, 1.54) is 7.11 Å². The van der Waals surface area contributed by atoms with Crippen molar-refractivity contribution in [2.24, 2.45) is 5.73 Å². The van der Waals surface area contributed by atoms with E-state index in [2.05, 4.69) is 4.74 Å². The van der Waals surface area contributed by atoms with Crippen LogP contribution in [0.4, 0.5) is 0 Å². The fourth-order valence-corrected chi connectivity index (χ4v) is 2.11. The van der Waals surface area contributed by atoms with Gasteiger partial charge in [-0.15, -0.1) is 12.4 Å². The maximum Gasteiger partial charge on any atom is 0.322 e. The third kappa shape index (κ3) is 4.48. The average Bonchev–Trinajstić information content (AvgIpc) is 2.55. The van der Waals surface area contributed by atoms with Crippen molar-refractivity contribution in [1.82, 2.24) is 0 Å². The van der Waals surface area contributed by atoms with Gasteiger partial charge in [-0.3, -0.25) is 4.79 Å². The van der Waals surface area contributed by atoms with Gasteiger partial charge in [0.25, 0.3) is 0 Å². The second kappa shape index (κ2) is 8.41. The standard InChI is InChI=1S/C17H19NO3.ClH/c1-20-15-9-7-14(8-10-15)13-5-3-12(4-6-13)11-16(18)17(19)21-2;/h3-10,16H,11,18H2,1-2H3;1H/t16-;/m0./s1. The van der Waals surface area contributed by atoms with Gasteiger partial charge in [0.15, 0.2) is 0 Å². The number of esters is 1. The number of nitrogens with two attached hydrogens (primary N) is 1. The highest BCUT2D eigenvalue weighted by Gasteiger charge is 2.14. The van der Waals surface area contributed by atoms with Crippen LogP contribution >= 0.6 is 12.4 Å². The van der Waals surface area contributed by atoms with Crippen LogP contribution in [0.1, 0.15) is 5.56 Å². The van der Waals surface area contributed by atoms with E-state index in [0.29, 0.717) is 6.42 Å². The Morgan fingerprint density at radius 1 is 1.00 bits per heavy atom. The highest BCUT2D eigenvalue weighted by Crippen LogP contribution is 2.22. The number of hydrogen-bond donors (Lipinski definition) is 1. The van der Waals surface area contributed by atoms with Crippen molar-refractivity contribution in [3.63, 3.8) is 0 Å². The quantitative estimate of drug-likeness (QED) is 0.860. The molecule has 4 nitrogen and oxygen atoms in total. The van der Waals surface area contributed by atoms with E-state index in [1.807, 2.05) is 48.5 Å². The summed E-state index contributed by atoms with van der Waals surface area (Å²) in [6.45, 7) is 0. The molecule has 0 unspecified atom stereocenters. The smallest absolute Gasteiger partial charge is 0.322 e. The van der Waals surface area contributed by atoms with Crippen molar-refractivity contribution >= 4 is 18.4 Å². The van der Waals surface area contributed by atoms with Gasteiger partial charge in [-0.2, -0.15) is 0 Å². The Kier molecular flexibility index (Phi) is 6.89. The highest BCUT2D eigenvalue weighted by molar-refractivity contribution is 5.85. The van der Waals surface area contributed by atoms with E-state index < -0.39 is 12.0 Å². The molecule has 0 spiro atoms. The summed E-state index contributed by atoms with van der Waals surface area (Å²) in [5.74, 6) is 0.439. The van der Waals surface area contributed by atoms with Crippen LogP contribution in [0.3, 0.4) is 0 Å². The number of hydrogen-bond acceptors (Lipinski definition) is 4. The van der Waals surface area contributed by atoms with E-state index in [0.717, 1.165) is 22.4 Å². The number of rotatable bonds is 5. The largest absolute Gasteiger partial charge is 0.497 e. The molecule has 0 amide bonds. The summed E-state index contributed by atoms with van der Waals surface area (Å²) in [6.07, 6.45) is 0.468. The normalized spacial score (nSPS) is 11.2. The van der Waals surface area contributed by atoms with E-state index in [1.54, 1.807) is 7.11 Å². The van der Waals surface area contributed by atoms with Crippen molar-refractivity contribution in [1.29, 1.82) is 0 Å². The van der Waals surface area contributed by atoms with Gasteiger partial charge in [0.2, 0.25) is 0 Å². The number of methoxy groups -OCH3 is 2. The molecule has 0 aliphatic rings. The van der Waals surface area contributed by atoms with Crippen LogP contribution < -0.4 is 10.5 Å². The van der Waals surface area contributed by atoms with Crippen molar-refractivity contribution < 1.29 is 14.3 Å². The second-order valence-corrected chi connectivity index (χ2v) is 4.76. The molecule has 5 heteroatoms. The van der Waals surface area contributed by atoms with Crippen LogP contribution in [0.5, 0.6) is 5.75 Å². The maximum atomic E-state index is 11.3. The molecule has 2 rings (SSSR count). The molecule has 2 N–H and O–H groups in total.